The second kappa shape index (κ2) is 5.06. The van der Waals surface area contributed by atoms with Gasteiger partial charge < -0.3 is 9.47 Å². The number of hydrogen-bond acceptors (Lipinski definition) is 3. The van der Waals surface area contributed by atoms with Gasteiger partial charge in [-0.1, -0.05) is 5.92 Å². The summed E-state index contributed by atoms with van der Waals surface area (Å²) in [5.74, 6) is 2.65. The van der Waals surface area contributed by atoms with Crippen LogP contribution in [0, 0.1) is 12.3 Å². The molecule has 0 amide bonds. The number of terminal acetylenes is 1. The van der Waals surface area contributed by atoms with E-state index in [0.29, 0.717) is 23.5 Å². The fraction of sp³-hybridized carbons (Fsp3) is 0.250. The summed E-state index contributed by atoms with van der Waals surface area (Å²) in [7, 11) is 1.53. The van der Waals surface area contributed by atoms with Gasteiger partial charge in [0.15, 0.2) is 0 Å². The van der Waals surface area contributed by atoms with Crippen LogP contribution >= 0.6 is 0 Å². The molecule has 0 heterocycles. The quantitative estimate of drug-likeness (QED) is 0.556. The molecule has 0 atom stereocenters. The second-order valence-electron chi connectivity index (χ2n) is 2.78. The molecule has 3 heteroatoms. The van der Waals surface area contributed by atoms with Crippen molar-refractivity contribution in [1.82, 2.24) is 0 Å². The van der Waals surface area contributed by atoms with E-state index in [1.807, 2.05) is 0 Å². The van der Waals surface area contributed by atoms with E-state index in [4.69, 9.17) is 15.9 Å². The maximum atomic E-state index is 11.4. The first-order chi connectivity index (χ1) is 7.22. The molecule has 3 nitrogen and oxygen atoms in total. The SMILES string of the molecule is C#Cc1cc(C(=O)OCC)ccc1OC. The first-order valence-electron chi connectivity index (χ1n) is 4.54. The van der Waals surface area contributed by atoms with E-state index in [0.717, 1.165) is 0 Å². The van der Waals surface area contributed by atoms with Crippen LogP contribution in [0.25, 0.3) is 0 Å². The maximum Gasteiger partial charge on any atom is 0.338 e. The molecule has 1 aromatic carbocycles. The third-order valence-electron chi connectivity index (χ3n) is 1.87. The number of carbonyl (C=O) groups excluding carboxylic acids is 1. The number of ether oxygens (including phenoxy) is 2. The minimum Gasteiger partial charge on any atom is -0.495 e. The number of hydrogen-bond donors (Lipinski definition) is 0. The molecule has 0 saturated carbocycles. The molecular formula is C12H12O3. The van der Waals surface area contributed by atoms with Gasteiger partial charge in [-0.2, -0.15) is 0 Å². The number of rotatable bonds is 3. The standard InChI is InChI=1S/C12H12O3/c1-4-9-8-10(12(13)15-5-2)6-7-11(9)14-3/h1,6-8H,5H2,2-3H3. The fourth-order valence-corrected chi connectivity index (χ4v) is 1.16. The van der Waals surface area contributed by atoms with E-state index in [1.165, 1.54) is 7.11 Å². The van der Waals surface area contributed by atoms with Gasteiger partial charge >= 0.3 is 5.97 Å². The normalized spacial score (nSPS) is 9.13. The Morgan fingerprint density at radius 2 is 2.27 bits per heavy atom. The first-order valence-corrected chi connectivity index (χ1v) is 4.54. The molecule has 0 N–H and O–H groups in total. The van der Waals surface area contributed by atoms with Gasteiger partial charge in [0.05, 0.1) is 24.8 Å². The number of benzene rings is 1. The van der Waals surface area contributed by atoms with Crippen molar-refractivity contribution >= 4 is 5.97 Å². The molecule has 0 bridgehead atoms. The predicted octanol–water partition coefficient (Wildman–Crippen LogP) is 1.85. The van der Waals surface area contributed by atoms with Gasteiger partial charge in [-0.3, -0.25) is 0 Å². The molecule has 1 aromatic rings. The summed E-state index contributed by atoms with van der Waals surface area (Å²) in [5.41, 5.74) is 0.980. The van der Waals surface area contributed by atoms with E-state index in [9.17, 15) is 4.79 Å². The summed E-state index contributed by atoms with van der Waals surface area (Å²) in [6.45, 7) is 2.10. The summed E-state index contributed by atoms with van der Waals surface area (Å²) < 4.78 is 9.89. The summed E-state index contributed by atoms with van der Waals surface area (Å²) in [6.07, 6.45) is 5.29. The van der Waals surface area contributed by atoms with Crippen molar-refractivity contribution in [3.63, 3.8) is 0 Å². The Morgan fingerprint density at radius 1 is 1.53 bits per heavy atom. The Bertz CT molecular complexity index is 402. The highest BCUT2D eigenvalue weighted by atomic mass is 16.5. The Labute approximate surface area is 89.0 Å². The van der Waals surface area contributed by atoms with Crippen LogP contribution in [0.15, 0.2) is 18.2 Å². The highest BCUT2D eigenvalue weighted by Gasteiger charge is 2.09. The largest absolute Gasteiger partial charge is 0.495 e. The highest BCUT2D eigenvalue weighted by molar-refractivity contribution is 5.90. The van der Waals surface area contributed by atoms with Gasteiger partial charge in [0.2, 0.25) is 0 Å². The lowest BCUT2D eigenvalue weighted by Crippen LogP contribution is -2.05. The van der Waals surface area contributed by atoms with E-state index in [-0.39, 0.29) is 5.97 Å². The topological polar surface area (TPSA) is 35.5 Å². The van der Waals surface area contributed by atoms with Crippen molar-refractivity contribution in [3.8, 4) is 18.1 Å². The summed E-state index contributed by atoms with van der Waals surface area (Å²) >= 11 is 0. The lowest BCUT2D eigenvalue weighted by atomic mass is 10.1. The molecule has 78 valence electrons. The number of carbonyl (C=O) groups is 1. The molecule has 0 fully saturated rings. The zero-order chi connectivity index (χ0) is 11.3. The fourth-order valence-electron chi connectivity index (χ4n) is 1.16. The molecule has 1 rings (SSSR count). The first kappa shape index (κ1) is 11.1. The van der Waals surface area contributed by atoms with Crippen LogP contribution in [0.3, 0.4) is 0 Å². The molecule has 0 aliphatic rings. The molecule has 0 aliphatic heterocycles. The molecule has 0 aromatic heterocycles. The lowest BCUT2D eigenvalue weighted by molar-refractivity contribution is 0.0526. The van der Waals surface area contributed by atoms with E-state index in [1.54, 1.807) is 25.1 Å². The number of esters is 1. The van der Waals surface area contributed by atoms with Crippen molar-refractivity contribution in [2.24, 2.45) is 0 Å². The smallest absolute Gasteiger partial charge is 0.338 e. The summed E-state index contributed by atoms with van der Waals surface area (Å²) in [4.78, 5) is 11.4. The Hall–Kier alpha value is -1.95. The molecule has 0 aliphatic carbocycles. The number of methoxy groups -OCH3 is 1. The second-order valence-corrected chi connectivity index (χ2v) is 2.78. The predicted molar refractivity (Wildman–Crippen MR) is 56.9 cm³/mol. The average molecular weight is 204 g/mol. The van der Waals surface area contributed by atoms with E-state index >= 15 is 0 Å². The Balaban J connectivity index is 3.04. The summed E-state index contributed by atoms with van der Waals surface area (Å²) in [6, 6.07) is 4.86. The lowest BCUT2D eigenvalue weighted by Gasteiger charge is -2.05. The van der Waals surface area contributed by atoms with Crippen LogP contribution in [0.1, 0.15) is 22.8 Å². The summed E-state index contributed by atoms with van der Waals surface area (Å²) in [5, 5.41) is 0. The molecule has 0 spiro atoms. The van der Waals surface area contributed by atoms with Gasteiger partial charge in [0.25, 0.3) is 0 Å². The van der Waals surface area contributed by atoms with Crippen molar-refractivity contribution in [2.75, 3.05) is 13.7 Å². The third kappa shape index (κ3) is 2.50. The van der Waals surface area contributed by atoms with Crippen LogP contribution in [0.2, 0.25) is 0 Å². The van der Waals surface area contributed by atoms with Gasteiger partial charge in [-0.05, 0) is 25.1 Å². The van der Waals surface area contributed by atoms with Gasteiger partial charge in [-0.15, -0.1) is 6.42 Å². The van der Waals surface area contributed by atoms with Gasteiger partial charge in [0.1, 0.15) is 5.75 Å². The minimum absolute atomic E-state index is 0.344. The van der Waals surface area contributed by atoms with Crippen LogP contribution in [-0.2, 0) is 4.74 Å². The Morgan fingerprint density at radius 3 is 2.80 bits per heavy atom. The van der Waals surface area contributed by atoms with E-state index in [2.05, 4.69) is 5.92 Å². The van der Waals surface area contributed by atoms with Gasteiger partial charge in [0, 0.05) is 0 Å². The van der Waals surface area contributed by atoms with Crippen LogP contribution in [0.5, 0.6) is 5.75 Å². The van der Waals surface area contributed by atoms with E-state index < -0.39 is 0 Å². The van der Waals surface area contributed by atoms with Crippen molar-refractivity contribution < 1.29 is 14.3 Å². The molecule has 15 heavy (non-hydrogen) atoms. The van der Waals surface area contributed by atoms with Crippen LogP contribution < -0.4 is 4.74 Å². The monoisotopic (exact) mass is 204 g/mol. The molecule has 0 saturated heterocycles. The van der Waals surface area contributed by atoms with Crippen LogP contribution in [0.4, 0.5) is 0 Å². The molecule has 0 unspecified atom stereocenters. The van der Waals surface area contributed by atoms with Crippen LogP contribution in [-0.4, -0.2) is 19.7 Å². The maximum absolute atomic E-state index is 11.4. The van der Waals surface area contributed by atoms with Gasteiger partial charge in [-0.25, -0.2) is 4.79 Å². The Kier molecular flexibility index (Phi) is 3.75. The molecule has 0 radical (unpaired) electrons. The van der Waals surface area contributed by atoms with Crippen molar-refractivity contribution in [1.29, 1.82) is 0 Å². The van der Waals surface area contributed by atoms with Crippen molar-refractivity contribution in [3.05, 3.63) is 29.3 Å². The molecular weight excluding hydrogens is 192 g/mol. The third-order valence-corrected chi connectivity index (χ3v) is 1.87. The average Bonchev–Trinajstić information content (AvgIpc) is 2.28. The van der Waals surface area contributed by atoms with Crippen molar-refractivity contribution in [2.45, 2.75) is 6.92 Å². The zero-order valence-corrected chi connectivity index (χ0v) is 8.74. The zero-order valence-electron chi connectivity index (χ0n) is 8.74. The minimum atomic E-state index is -0.378. The highest BCUT2D eigenvalue weighted by Crippen LogP contribution is 2.19.